The van der Waals surface area contributed by atoms with Crippen LogP contribution in [0.5, 0.6) is 5.75 Å². The maximum absolute atomic E-state index is 13.5. The van der Waals surface area contributed by atoms with Crippen molar-refractivity contribution in [3.05, 3.63) is 54.4 Å². The first-order chi connectivity index (χ1) is 13.9. The zero-order valence-electron chi connectivity index (χ0n) is 16.4. The molecule has 8 heteroatoms. The zero-order chi connectivity index (χ0) is 20.9. The van der Waals surface area contributed by atoms with E-state index in [2.05, 4.69) is 4.98 Å². The molecule has 1 fully saturated rings. The van der Waals surface area contributed by atoms with Crippen LogP contribution in [-0.2, 0) is 21.4 Å². The Morgan fingerprint density at radius 1 is 1.14 bits per heavy atom. The fourth-order valence-corrected chi connectivity index (χ4v) is 5.53. The third-order valence-electron chi connectivity index (χ3n) is 5.41. The molecule has 2 aromatic rings. The van der Waals surface area contributed by atoms with Gasteiger partial charge in [0.1, 0.15) is 11.8 Å². The van der Waals surface area contributed by atoms with E-state index in [-0.39, 0.29) is 17.4 Å². The number of carboxylic acids is 1. The third kappa shape index (κ3) is 4.94. The van der Waals surface area contributed by atoms with Gasteiger partial charge in [-0.3, -0.25) is 9.78 Å². The summed E-state index contributed by atoms with van der Waals surface area (Å²) in [4.78, 5) is 16.3. The summed E-state index contributed by atoms with van der Waals surface area (Å²) >= 11 is 0. The fraction of sp³-hybridized carbons (Fsp3) is 0.429. The van der Waals surface area contributed by atoms with Crippen LogP contribution in [-0.4, -0.2) is 41.9 Å². The lowest BCUT2D eigenvalue weighted by Crippen LogP contribution is -2.49. The van der Waals surface area contributed by atoms with E-state index in [1.54, 1.807) is 36.7 Å². The van der Waals surface area contributed by atoms with Crippen molar-refractivity contribution in [1.29, 1.82) is 0 Å². The Bertz CT molecular complexity index is 910. The van der Waals surface area contributed by atoms with Crippen LogP contribution in [0.1, 0.15) is 37.7 Å². The van der Waals surface area contributed by atoms with Gasteiger partial charge in [-0.1, -0.05) is 19.3 Å². The van der Waals surface area contributed by atoms with Gasteiger partial charge in [0.15, 0.2) is 0 Å². The van der Waals surface area contributed by atoms with Gasteiger partial charge >= 0.3 is 5.97 Å². The average Bonchev–Trinajstić information content (AvgIpc) is 2.74. The average molecular weight is 419 g/mol. The number of methoxy groups -OCH3 is 1. The van der Waals surface area contributed by atoms with Gasteiger partial charge < -0.3 is 9.84 Å². The first kappa shape index (κ1) is 21.3. The molecule has 1 saturated carbocycles. The number of pyridine rings is 1. The van der Waals surface area contributed by atoms with Gasteiger partial charge in [0.25, 0.3) is 0 Å². The van der Waals surface area contributed by atoms with Crippen molar-refractivity contribution in [2.75, 3.05) is 7.11 Å². The second-order valence-corrected chi connectivity index (χ2v) is 9.15. The van der Waals surface area contributed by atoms with E-state index in [9.17, 15) is 18.3 Å². The van der Waals surface area contributed by atoms with Gasteiger partial charge in [-0.25, -0.2) is 8.42 Å². The summed E-state index contributed by atoms with van der Waals surface area (Å²) < 4.78 is 33.3. The molecule has 0 aliphatic heterocycles. The van der Waals surface area contributed by atoms with Crippen LogP contribution in [0.4, 0.5) is 0 Å². The minimum atomic E-state index is -4.04. The Morgan fingerprint density at radius 3 is 2.31 bits per heavy atom. The molecule has 0 unspecified atom stereocenters. The van der Waals surface area contributed by atoms with Crippen molar-refractivity contribution >= 4 is 16.0 Å². The summed E-state index contributed by atoms with van der Waals surface area (Å²) in [5.74, 6) is -0.786. The molecule has 3 rings (SSSR count). The Labute approximate surface area is 171 Å². The quantitative estimate of drug-likeness (QED) is 0.706. The van der Waals surface area contributed by atoms with E-state index in [1.165, 1.54) is 19.2 Å². The Morgan fingerprint density at radius 2 is 1.76 bits per heavy atom. The third-order valence-corrected chi connectivity index (χ3v) is 7.25. The summed E-state index contributed by atoms with van der Waals surface area (Å²) in [6, 6.07) is 8.32. The first-order valence-corrected chi connectivity index (χ1v) is 11.1. The zero-order valence-corrected chi connectivity index (χ0v) is 17.2. The van der Waals surface area contributed by atoms with Gasteiger partial charge in [0, 0.05) is 18.9 Å². The van der Waals surface area contributed by atoms with Crippen LogP contribution < -0.4 is 4.74 Å². The number of rotatable bonds is 8. The van der Waals surface area contributed by atoms with Gasteiger partial charge in [-0.05, 0) is 60.7 Å². The standard InChI is InChI=1S/C21H26N2O5S/c1-28-18-7-9-19(10-8-18)29(26,27)23(15-16-11-13-22-14-12-16)20(21(24)25)17-5-3-2-4-6-17/h7-14,17,20H,2-6,15H2,1H3,(H,24,25)/t20-/m1/s1. The van der Waals surface area contributed by atoms with Crippen LogP contribution in [0.3, 0.4) is 0 Å². The topological polar surface area (TPSA) is 96.8 Å². The summed E-state index contributed by atoms with van der Waals surface area (Å²) in [7, 11) is -2.54. The molecule has 1 aromatic carbocycles. The first-order valence-electron chi connectivity index (χ1n) is 9.71. The van der Waals surface area contributed by atoms with Gasteiger partial charge in [-0.2, -0.15) is 4.31 Å². The number of sulfonamides is 1. The van der Waals surface area contributed by atoms with Gasteiger partial charge in [0.05, 0.1) is 12.0 Å². The van der Waals surface area contributed by atoms with E-state index in [1.807, 2.05) is 0 Å². The molecule has 1 aliphatic rings. The smallest absolute Gasteiger partial charge is 0.322 e. The second-order valence-electron chi connectivity index (χ2n) is 7.26. The number of hydrogen-bond donors (Lipinski definition) is 1. The van der Waals surface area contributed by atoms with Crippen molar-refractivity contribution in [3.8, 4) is 5.75 Å². The molecule has 7 nitrogen and oxygen atoms in total. The maximum Gasteiger partial charge on any atom is 0.322 e. The van der Waals surface area contributed by atoms with Crippen molar-refractivity contribution in [2.45, 2.75) is 49.6 Å². The van der Waals surface area contributed by atoms with Crippen molar-refractivity contribution < 1.29 is 23.1 Å². The molecule has 0 saturated heterocycles. The predicted octanol–water partition coefficient (Wildman–Crippen LogP) is 3.31. The van der Waals surface area contributed by atoms with Crippen LogP contribution >= 0.6 is 0 Å². The molecule has 1 N–H and O–H groups in total. The highest BCUT2D eigenvalue weighted by Gasteiger charge is 2.41. The molecular weight excluding hydrogens is 392 g/mol. The number of nitrogens with zero attached hydrogens (tertiary/aromatic N) is 2. The van der Waals surface area contributed by atoms with Crippen molar-refractivity contribution in [1.82, 2.24) is 9.29 Å². The minimum absolute atomic E-state index is 0.0235. The number of benzene rings is 1. The molecular formula is C21H26N2O5S. The number of ether oxygens (including phenoxy) is 1. The molecule has 156 valence electrons. The maximum atomic E-state index is 13.5. The molecule has 1 aliphatic carbocycles. The monoisotopic (exact) mass is 418 g/mol. The lowest BCUT2D eigenvalue weighted by atomic mass is 9.84. The lowest BCUT2D eigenvalue weighted by Gasteiger charge is -2.35. The predicted molar refractivity (Wildman–Crippen MR) is 108 cm³/mol. The number of carboxylic acid groups (broad SMARTS) is 1. The highest BCUT2D eigenvalue weighted by molar-refractivity contribution is 7.89. The van der Waals surface area contributed by atoms with Gasteiger partial charge in [0.2, 0.25) is 10.0 Å². The normalized spacial score (nSPS) is 16.5. The number of hydrogen-bond acceptors (Lipinski definition) is 5. The molecule has 1 atom stereocenters. The van der Waals surface area contributed by atoms with Crippen LogP contribution in [0.15, 0.2) is 53.7 Å². The van der Waals surface area contributed by atoms with E-state index >= 15 is 0 Å². The Hall–Kier alpha value is -2.45. The van der Waals surface area contributed by atoms with Gasteiger partial charge in [-0.15, -0.1) is 0 Å². The molecule has 0 amide bonds. The molecule has 0 radical (unpaired) electrons. The van der Waals surface area contributed by atoms with Crippen molar-refractivity contribution in [2.24, 2.45) is 5.92 Å². The Kier molecular flexibility index (Phi) is 6.87. The van der Waals surface area contributed by atoms with E-state index in [0.717, 1.165) is 23.6 Å². The lowest BCUT2D eigenvalue weighted by molar-refractivity contribution is -0.144. The SMILES string of the molecule is COc1ccc(S(=O)(=O)N(Cc2ccncc2)[C@@H](C(=O)O)C2CCCCC2)cc1. The van der Waals surface area contributed by atoms with E-state index in [0.29, 0.717) is 24.2 Å². The minimum Gasteiger partial charge on any atom is -0.497 e. The molecule has 29 heavy (non-hydrogen) atoms. The second kappa shape index (κ2) is 9.37. The van der Waals surface area contributed by atoms with Crippen LogP contribution in [0.25, 0.3) is 0 Å². The van der Waals surface area contributed by atoms with Crippen molar-refractivity contribution in [3.63, 3.8) is 0 Å². The molecule has 1 heterocycles. The fourth-order valence-electron chi connectivity index (χ4n) is 3.89. The summed E-state index contributed by atoms with van der Waals surface area (Å²) in [5, 5.41) is 10.0. The largest absolute Gasteiger partial charge is 0.497 e. The summed E-state index contributed by atoms with van der Waals surface area (Å²) in [6.07, 6.45) is 7.45. The number of aliphatic carboxylic acids is 1. The van der Waals surface area contributed by atoms with E-state index in [4.69, 9.17) is 4.74 Å². The van der Waals surface area contributed by atoms with Crippen LogP contribution in [0, 0.1) is 5.92 Å². The molecule has 0 spiro atoms. The Balaban J connectivity index is 2.03. The van der Waals surface area contributed by atoms with Crippen LogP contribution in [0.2, 0.25) is 0 Å². The summed E-state index contributed by atoms with van der Waals surface area (Å²) in [6.45, 7) is -0.0235. The van der Waals surface area contributed by atoms with E-state index < -0.39 is 22.0 Å². The highest BCUT2D eigenvalue weighted by Crippen LogP contribution is 2.33. The number of aromatic nitrogens is 1. The molecule has 0 bridgehead atoms. The number of carbonyl (C=O) groups is 1. The molecule has 1 aromatic heterocycles. The summed E-state index contributed by atoms with van der Waals surface area (Å²) in [5.41, 5.74) is 0.694. The highest BCUT2D eigenvalue weighted by atomic mass is 32.2.